The number of benzene rings is 2. The summed E-state index contributed by atoms with van der Waals surface area (Å²) in [6, 6.07) is 21.7. The van der Waals surface area contributed by atoms with Crippen LogP contribution >= 0.6 is 0 Å². The molecule has 0 aliphatic carbocycles. The van der Waals surface area contributed by atoms with Gasteiger partial charge in [-0.05, 0) is 61.2 Å². The normalized spacial score (nSPS) is 11.6. The highest BCUT2D eigenvalue weighted by molar-refractivity contribution is 5.92. The average molecular weight is 585 g/mol. The standard InChI is InChI=1S/C33H27F3N4O3/c1-32(2,42)14-13-27-17-23-16-24(19-37-30(23)40(27)26-7-5-4-6-8-26)22-11-9-21(10-12-22)15-29(41)39-25-18-28(33(34,35)36)31(43-3)38-20-25/h4-12,16-20,42H,15H2,1-3H3,(H,39,41). The van der Waals surface area contributed by atoms with E-state index >= 15 is 0 Å². The lowest BCUT2D eigenvalue weighted by Gasteiger charge is -2.13. The number of rotatable bonds is 6. The molecule has 10 heteroatoms. The van der Waals surface area contributed by atoms with Gasteiger partial charge in [0.1, 0.15) is 16.8 Å². The van der Waals surface area contributed by atoms with E-state index in [1.54, 1.807) is 32.2 Å². The molecule has 2 N–H and O–H groups in total. The molecule has 0 aliphatic rings. The Morgan fingerprint density at radius 1 is 0.977 bits per heavy atom. The van der Waals surface area contributed by atoms with Crippen molar-refractivity contribution in [3.8, 4) is 34.5 Å². The molecule has 2 aromatic carbocycles. The van der Waals surface area contributed by atoms with Crippen molar-refractivity contribution in [2.75, 3.05) is 12.4 Å². The molecule has 0 aliphatic heterocycles. The quantitative estimate of drug-likeness (QED) is 0.225. The zero-order chi connectivity index (χ0) is 30.8. The summed E-state index contributed by atoms with van der Waals surface area (Å²) in [6.07, 6.45) is -1.85. The minimum atomic E-state index is -4.68. The van der Waals surface area contributed by atoms with Crippen LogP contribution in [0.2, 0.25) is 0 Å². The smallest absolute Gasteiger partial charge is 0.421 e. The molecule has 43 heavy (non-hydrogen) atoms. The summed E-state index contributed by atoms with van der Waals surface area (Å²) in [6.45, 7) is 3.25. The van der Waals surface area contributed by atoms with Crippen LogP contribution in [-0.2, 0) is 17.4 Å². The molecule has 0 spiro atoms. The van der Waals surface area contributed by atoms with Crippen LogP contribution < -0.4 is 10.1 Å². The molecular weight excluding hydrogens is 557 g/mol. The number of alkyl halides is 3. The second-order valence-electron chi connectivity index (χ2n) is 10.3. The Morgan fingerprint density at radius 3 is 2.35 bits per heavy atom. The molecule has 5 aromatic rings. The Labute approximate surface area is 246 Å². The van der Waals surface area contributed by atoms with Gasteiger partial charge < -0.3 is 15.2 Å². The van der Waals surface area contributed by atoms with Gasteiger partial charge in [0.25, 0.3) is 0 Å². The van der Waals surface area contributed by atoms with Crippen molar-refractivity contribution in [1.82, 2.24) is 14.5 Å². The number of carbonyl (C=O) groups is 1. The van der Waals surface area contributed by atoms with Crippen LogP contribution in [0.5, 0.6) is 5.88 Å². The molecule has 0 fully saturated rings. The van der Waals surface area contributed by atoms with E-state index in [2.05, 4.69) is 26.9 Å². The number of aromatic nitrogens is 3. The summed E-state index contributed by atoms with van der Waals surface area (Å²) >= 11 is 0. The number of hydrogen-bond acceptors (Lipinski definition) is 5. The third-order valence-corrected chi connectivity index (χ3v) is 6.44. The molecule has 7 nitrogen and oxygen atoms in total. The Bertz CT molecular complexity index is 1850. The number of carbonyl (C=O) groups excluding carboxylic acids is 1. The van der Waals surface area contributed by atoms with Gasteiger partial charge in [0, 0.05) is 22.8 Å². The molecule has 0 unspecified atom stereocenters. The van der Waals surface area contributed by atoms with Crippen molar-refractivity contribution in [2.24, 2.45) is 0 Å². The van der Waals surface area contributed by atoms with E-state index in [-0.39, 0.29) is 12.1 Å². The molecule has 3 aromatic heterocycles. The number of nitrogens with one attached hydrogen (secondary N) is 1. The van der Waals surface area contributed by atoms with Crippen LogP contribution in [-0.4, -0.2) is 38.3 Å². The lowest BCUT2D eigenvalue weighted by molar-refractivity contribution is -0.139. The van der Waals surface area contributed by atoms with Crippen molar-refractivity contribution in [3.05, 3.63) is 102 Å². The summed E-state index contributed by atoms with van der Waals surface area (Å²) in [5.74, 6) is 4.90. The Balaban J connectivity index is 1.37. The minimum absolute atomic E-state index is 0.0475. The monoisotopic (exact) mass is 584 g/mol. The molecule has 5 rings (SSSR count). The number of ether oxygens (including phenoxy) is 1. The van der Waals surface area contributed by atoms with Crippen molar-refractivity contribution in [2.45, 2.75) is 32.0 Å². The van der Waals surface area contributed by atoms with Gasteiger partial charge in [-0.1, -0.05) is 48.4 Å². The van der Waals surface area contributed by atoms with Crippen molar-refractivity contribution in [1.29, 1.82) is 0 Å². The first kappa shape index (κ1) is 29.4. The molecule has 218 valence electrons. The van der Waals surface area contributed by atoms with Gasteiger partial charge in [0.15, 0.2) is 0 Å². The third kappa shape index (κ3) is 6.85. The number of nitrogens with zero attached hydrogens (tertiary/aromatic N) is 3. The van der Waals surface area contributed by atoms with E-state index in [0.717, 1.165) is 41.6 Å². The lowest BCUT2D eigenvalue weighted by atomic mass is 10.0. The van der Waals surface area contributed by atoms with Gasteiger partial charge >= 0.3 is 6.18 Å². The van der Waals surface area contributed by atoms with Crippen molar-refractivity contribution < 1.29 is 27.8 Å². The van der Waals surface area contributed by atoms with E-state index in [4.69, 9.17) is 4.98 Å². The van der Waals surface area contributed by atoms with Crippen molar-refractivity contribution >= 4 is 22.6 Å². The fraction of sp³-hybridized carbons (Fsp3) is 0.182. The summed E-state index contributed by atoms with van der Waals surface area (Å²) in [5, 5.41) is 13.5. The first-order valence-corrected chi connectivity index (χ1v) is 13.2. The number of fused-ring (bicyclic) bond motifs is 1. The van der Waals surface area contributed by atoms with Gasteiger partial charge in [-0.25, -0.2) is 9.97 Å². The number of amides is 1. The Hall–Kier alpha value is -5.14. The van der Waals surface area contributed by atoms with Crippen LogP contribution in [0.15, 0.2) is 85.2 Å². The maximum absolute atomic E-state index is 13.3. The fourth-order valence-electron chi connectivity index (χ4n) is 4.49. The average Bonchev–Trinajstić information content (AvgIpc) is 3.34. The summed E-state index contributed by atoms with van der Waals surface area (Å²) < 4.78 is 46.5. The van der Waals surface area contributed by atoms with E-state index in [9.17, 15) is 23.1 Å². The van der Waals surface area contributed by atoms with E-state index in [0.29, 0.717) is 16.9 Å². The first-order valence-electron chi connectivity index (χ1n) is 13.2. The molecular formula is C33H27F3N4O3. The number of pyridine rings is 2. The summed E-state index contributed by atoms with van der Waals surface area (Å²) in [4.78, 5) is 21.0. The number of halogens is 3. The van der Waals surface area contributed by atoms with Crippen LogP contribution in [0.25, 0.3) is 27.8 Å². The molecule has 0 saturated heterocycles. The maximum Gasteiger partial charge on any atom is 0.421 e. The van der Waals surface area contributed by atoms with Crippen LogP contribution in [0, 0.1) is 11.8 Å². The highest BCUT2D eigenvalue weighted by Gasteiger charge is 2.35. The third-order valence-electron chi connectivity index (χ3n) is 6.44. The van der Waals surface area contributed by atoms with Crippen LogP contribution in [0.3, 0.4) is 0 Å². The van der Waals surface area contributed by atoms with Crippen LogP contribution in [0.4, 0.5) is 18.9 Å². The van der Waals surface area contributed by atoms with Gasteiger partial charge in [-0.15, -0.1) is 0 Å². The predicted octanol–water partition coefficient (Wildman–Crippen LogP) is 6.42. The van der Waals surface area contributed by atoms with Crippen LogP contribution in [0.1, 0.15) is 30.7 Å². The number of hydrogen-bond donors (Lipinski definition) is 2. The number of anilines is 1. The fourth-order valence-corrected chi connectivity index (χ4v) is 4.49. The Kier molecular flexibility index (Phi) is 7.93. The van der Waals surface area contributed by atoms with E-state index in [1.807, 2.05) is 59.2 Å². The summed E-state index contributed by atoms with van der Waals surface area (Å²) in [7, 11) is 1.10. The largest absolute Gasteiger partial charge is 0.481 e. The number of para-hydroxylation sites is 1. The SMILES string of the molecule is COc1ncc(NC(=O)Cc2ccc(-c3cnc4c(c3)cc(C#CC(C)(C)O)n4-c3ccccc3)cc2)cc1C(F)(F)F. The zero-order valence-electron chi connectivity index (χ0n) is 23.5. The molecule has 1 amide bonds. The van der Waals surface area contributed by atoms with Gasteiger partial charge in [0.05, 0.1) is 31.1 Å². The lowest BCUT2D eigenvalue weighted by Crippen LogP contribution is -2.16. The minimum Gasteiger partial charge on any atom is -0.481 e. The van der Waals surface area contributed by atoms with Gasteiger partial charge in [-0.3, -0.25) is 9.36 Å². The number of methoxy groups -OCH3 is 1. The first-order chi connectivity index (χ1) is 20.4. The molecule has 3 heterocycles. The van der Waals surface area contributed by atoms with Gasteiger partial charge in [0.2, 0.25) is 11.8 Å². The molecule has 0 saturated carbocycles. The number of aliphatic hydroxyl groups is 1. The highest BCUT2D eigenvalue weighted by atomic mass is 19.4. The molecule has 0 radical (unpaired) electrons. The zero-order valence-corrected chi connectivity index (χ0v) is 23.5. The predicted molar refractivity (Wildman–Crippen MR) is 158 cm³/mol. The van der Waals surface area contributed by atoms with Gasteiger partial charge in [-0.2, -0.15) is 13.2 Å². The van der Waals surface area contributed by atoms with E-state index in [1.165, 1.54) is 0 Å². The second-order valence-corrected chi connectivity index (χ2v) is 10.3. The van der Waals surface area contributed by atoms with E-state index < -0.39 is 29.1 Å². The summed E-state index contributed by atoms with van der Waals surface area (Å²) in [5.41, 5.74) is 2.36. The van der Waals surface area contributed by atoms with Crippen molar-refractivity contribution in [3.63, 3.8) is 0 Å². The highest BCUT2D eigenvalue weighted by Crippen LogP contribution is 2.36. The molecule has 0 atom stereocenters. The Morgan fingerprint density at radius 2 is 1.70 bits per heavy atom. The topological polar surface area (TPSA) is 89.3 Å². The second kappa shape index (κ2) is 11.6. The maximum atomic E-state index is 13.3. The molecule has 0 bridgehead atoms.